The zero-order valence-electron chi connectivity index (χ0n) is 7.97. The third-order valence-corrected chi connectivity index (χ3v) is 1.62. The van der Waals surface area contributed by atoms with Gasteiger partial charge in [-0.25, -0.2) is 4.79 Å². The van der Waals surface area contributed by atoms with Crippen molar-refractivity contribution in [3.63, 3.8) is 0 Å². The minimum absolute atomic E-state index is 0.0624. The van der Waals surface area contributed by atoms with Crippen LogP contribution in [0.5, 0.6) is 0 Å². The van der Waals surface area contributed by atoms with Gasteiger partial charge in [-0.1, -0.05) is 0 Å². The highest BCUT2D eigenvalue weighted by atomic mass is 16.6. The molecule has 6 nitrogen and oxygen atoms in total. The molecule has 0 bridgehead atoms. The van der Waals surface area contributed by atoms with Crippen LogP contribution in [0.3, 0.4) is 0 Å². The molecule has 6 heteroatoms. The maximum Gasteiger partial charge on any atom is 0.375 e. The summed E-state index contributed by atoms with van der Waals surface area (Å²) in [7, 11) is 0. The molecule has 1 heterocycles. The van der Waals surface area contributed by atoms with Crippen LogP contribution in [0.25, 0.3) is 0 Å². The number of ketones is 1. The highest BCUT2D eigenvalue weighted by Crippen LogP contribution is 2.13. The SMILES string of the molecule is CCOC(=O)C(O)(O)C(=O)c1ccco1. The number of rotatable bonds is 4. The molecular weight excluding hydrogens is 204 g/mol. The number of carbonyl (C=O) groups is 2. The summed E-state index contributed by atoms with van der Waals surface area (Å²) in [5, 5.41) is 18.5. The summed E-state index contributed by atoms with van der Waals surface area (Å²) in [6.45, 7) is 1.42. The lowest BCUT2D eigenvalue weighted by Crippen LogP contribution is -2.47. The molecule has 0 atom stereocenters. The smallest absolute Gasteiger partial charge is 0.375 e. The molecule has 1 aromatic rings. The van der Waals surface area contributed by atoms with Gasteiger partial charge in [0.05, 0.1) is 12.9 Å². The molecular formula is C9H10O6. The molecule has 0 aliphatic rings. The molecule has 0 fully saturated rings. The second-order valence-corrected chi connectivity index (χ2v) is 2.70. The molecule has 15 heavy (non-hydrogen) atoms. The van der Waals surface area contributed by atoms with Crippen LogP contribution in [0.4, 0.5) is 0 Å². The van der Waals surface area contributed by atoms with Gasteiger partial charge in [-0.15, -0.1) is 0 Å². The van der Waals surface area contributed by atoms with E-state index in [0.717, 1.165) is 0 Å². The molecule has 0 aliphatic heterocycles. The highest BCUT2D eigenvalue weighted by molar-refractivity contribution is 6.12. The molecule has 0 saturated carbocycles. The maximum absolute atomic E-state index is 11.3. The van der Waals surface area contributed by atoms with Crippen molar-refractivity contribution in [3.8, 4) is 0 Å². The average Bonchev–Trinajstić information content (AvgIpc) is 2.69. The van der Waals surface area contributed by atoms with Crippen LogP contribution in [-0.4, -0.2) is 34.4 Å². The van der Waals surface area contributed by atoms with Gasteiger partial charge in [-0.05, 0) is 19.1 Å². The molecule has 2 N–H and O–H groups in total. The van der Waals surface area contributed by atoms with Gasteiger partial charge < -0.3 is 19.4 Å². The van der Waals surface area contributed by atoms with Gasteiger partial charge in [0.1, 0.15) is 0 Å². The van der Waals surface area contributed by atoms with Crippen molar-refractivity contribution in [3.05, 3.63) is 24.2 Å². The van der Waals surface area contributed by atoms with Crippen molar-refractivity contribution >= 4 is 11.8 Å². The summed E-state index contributed by atoms with van der Waals surface area (Å²) in [6, 6.07) is 2.59. The van der Waals surface area contributed by atoms with E-state index in [-0.39, 0.29) is 12.4 Å². The summed E-state index contributed by atoms with van der Waals surface area (Å²) in [4.78, 5) is 22.4. The Morgan fingerprint density at radius 2 is 2.20 bits per heavy atom. The van der Waals surface area contributed by atoms with E-state index in [1.54, 1.807) is 0 Å². The molecule has 0 aromatic carbocycles. The fraction of sp³-hybridized carbons (Fsp3) is 0.333. The van der Waals surface area contributed by atoms with Crippen molar-refractivity contribution in [1.29, 1.82) is 0 Å². The van der Waals surface area contributed by atoms with E-state index in [1.165, 1.54) is 25.3 Å². The first-order valence-corrected chi connectivity index (χ1v) is 4.20. The quantitative estimate of drug-likeness (QED) is 0.309. The first kappa shape index (κ1) is 11.4. The number of ether oxygens (including phenoxy) is 1. The lowest BCUT2D eigenvalue weighted by molar-refractivity contribution is -0.192. The third-order valence-electron chi connectivity index (χ3n) is 1.62. The molecule has 0 radical (unpaired) electrons. The Kier molecular flexibility index (Phi) is 3.23. The Morgan fingerprint density at radius 3 is 2.67 bits per heavy atom. The molecule has 0 unspecified atom stereocenters. The Morgan fingerprint density at radius 1 is 1.53 bits per heavy atom. The molecule has 0 aliphatic carbocycles. The van der Waals surface area contributed by atoms with Crippen molar-refractivity contribution in [2.75, 3.05) is 6.61 Å². The first-order chi connectivity index (χ1) is 7.00. The molecule has 1 rings (SSSR count). The largest absolute Gasteiger partial charge is 0.462 e. The van der Waals surface area contributed by atoms with E-state index in [0.29, 0.717) is 0 Å². The molecule has 0 amide bonds. The van der Waals surface area contributed by atoms with Crippen LogP contribution >= 0.6 is 0 Å². The zero-order valence-corrected chi connectivity index (χ0v) is 7.97. The summed E-state index contributed by atoms with van der Waals surface area (Å²) in [5.41, 5.74) is 0. The highest BCUT2D eigenvalue weighted by Gasteiger charge is 2.45. The van der Waals surface area contributed by atoms with Crippen molar-refractivity contribution < 1.29 is 29.0 Å². The number of hydrogen-bond acceptors (Lipinski definition) is 6. The standard InChI is InChI=1S/C9H10O6/c1-2-14-8(11)9(12,13)7(10)6-4-3-5-15-6/h3-5,12-13H,2H2,1H3. The molecule has 0 saturated heterocycles. The molecule has 82 valence electrons. The Hall–Kier alpha value is -1.66. The molecule has 1 aromatic heterocycles. The summed E-state index contributed by atoms with van der Waals surface area (Å²) in [5.74, 6) is -6.21. The fourth-order valence-corrected chi connectivity index (χ4v) is 0.904. The number of aliphatic hydroxyl groups is 2. The average molecular weight is 214 g/mol. The number of esters is 1. The minimum atomic E-state index is -3.20. The van der Waals surface area contributed by atoms with Gasteiger partial charge in [-0.2, -0.15) is 0 Å². The Bertz CT molecular complexity index is 351. The van der Waals surface area contributed by atoms with Gasteiger partial charge in [0.25, 0.3) is 5.78 Å². The predicted molar refractivity (Wildman–Crippen MR) is 46.8 cm³/mol. The Balaban J connectivity index is 2.86. The van der Waals surface area contributed by atoms with E-state index in [4.69, 9.17) is 0 Å². The van der Waals surface area contributed by atoms with Crippen LogP contribution in [0.15, 0.2) is 22.8 Å². The second-order valence-electron chi connectivity index (χ2n) is 2.70. The third kappa shape index (κ3) is 2.23. The van der Waals surface area contributed by atoms with Gasteiger partial charge in [0.2, 0.25) is 0 Å². The van der Waals surface area contributed by atoms with E-state index < -0.39 is 17.5 Å². The van der Waals surface area contributed by atoms with Crippen LogP contribution in [0.1, 0.15) is 17.5 Å². The van der Waals surface area contributed by atoms with Crippen LogP contribution in [0, 0.1) is 0 Å². The lowest BCUT2D eigenvalue weighted by atomic mass is 10.1. The summed E-state index contributed by atoms with van der Waals surface area (Å²) >= 11 is 0. The number of Topliss-reactive ketones (excluding diaryl/α,β-unsaturated/α-hetero) is 1. The normalized spacial score (nSPS) is 11.1. The second kappa shape index (κ2) is 4.24. The van der Waals surface area contributed by atoms with Crippen LogP contribution in [-0.2, 0) is 9.53 Å². The van der Waals surface area contributed by atoms with Crippen LogP contribution in [0.2, 0.25) is 0 Å². The Labute approximate surface area is 85.1 Å². The van der Waals surface area contributed by atoms with E-state index in [9.17, 15) is 19.8 Å². The van der Waals surface area contributed by atoms with Crippen molar-refractivity contribution in [2.24, 2.45) is 0 Å². The van der Waals surface area contributed by atoms with Gasteiger partial charge >= 0.3 is 11.8 Å². The number of carbonyl (C=O) groups excluding carboxylic acids is 2. The first-order valence-electron chi connectivity index (χ1n) is 4.20. The van der Waals surface area contributed by atoms with Crippen molar-refractivity contribution in [1.82, 2.24) is 0 Å². The van der Waals surface area contributed by atoms with Crippen molar-refractivity contribution in [2.45, 2.75) is 12.7 Å². The molecule has 0 spiro atoms. The van der Waals surface area contributed by atoms with E-state index in [2.05, 4.69) is 9.15 Å². The lowest BCUT2D eigenvalue weighted by Gasteiger charge is -2.16. The van der Waals surface area contributed by atoms with Gasteiger partial charge in [0, 0.05) is 0 Å². The van der Waals surface area contributed by atoms with E-state index >= 15 is 0 Å². The summed E-state index contributed by atoms with van der Waals surface area (Å²) < 4.78 is 8.96. The fourth-order valence-electron chi connectivity index (χ4n) is 0.904. The maximum atomic E-state index is 11.3. The number of furan rings is 1. The minimum Gasteiger partial charge on any atom is -0.462 e. The van der Waals surface area contributed by atoms with Gasteiger partial charge in [-0.3, -0.25) is 4.79 Å². The monoisotopic (exact) mass is 214 g/mol. The number of hydrogen-bond donors (Lipinski definition) is 2. The van der Waals surface area contributed by atoms with Crippen LogP contribution < -0.4 is 0 Å². The topological polar surface area (TPSA) is 97.0 Å². The zero-order chi connectivity index (χ0) is 11.5. The summed E-state index contributed by atoms with van der Waals surface area (Å²) in [6.07, 6.45) is 1.18. The van der Waals surface area contributed by atoms with Gasteiger partial charge in [0.15, 0.2) is 5.76 Å². The predicted octanol–water partition coefficient (Wildman–Crippen LogP) is -0.294. The van der Waals surface area contributed by atoms with E-state index in [1.807, 2.05) is 0 Å².